The Bertz CT molecular complexity index is 375. The lowest BCUT2D eigenvalue weighted by Crippen LogP contribution is -2.44. The molecule has 0 aromatic rings. The van der Waals surface area contributed by atoms with Gasteiger partial charge in [0.25, 0.3) is 0 Å². The van der Waals surface area contributed by atoms with Gasteiger partial charge in [-0.25, -0.2) is 0 Å². The Labute approximate surface area is 112 Å². The van der Waals surface area contributed by atoms with E-state index >= 15 is 0 Å². The van der Waals surface area contributed by atoms with Crippen LogP contribution in [0.3, 0.4) is 0 Å². The monoisotopic (exact) mass is 268 g/mol. The first kappa shape index (κ1) is 12.9. The molecule has 1 saturated heterocycles. The molecule has 0 radical (unpaired) electrons. The Balaban J connectivity index is 1.40. The SMILES string of the molecule is O=C(NCC1COC2(CCCC2)O1)C(=O)NC1CC1. The summed E-state index contributed by atoms with van der Waals surface area (Å²) in [4.78, 5) is 23.0. The van der Waals surface area contributed by atoms with Crippen molar-refractivity contribution in [2.45, 2.75) is 56.5 Å². The Hall–Kier alpha value is -1.14. The van der Waals surface area contributed by atoms with Crippen molar-refractivity contribution in [2.75, 3.05) is 13.2 Å². The molecule has 3 aliphatic rings. The van der Waals surface area contributed by atoms with E-state index in [9.17, 15) is 9.59 Å². The minimum Gasteiger partial charge on any atom is -0.347 e. The van der Waals surface area contributed by atoms with Gasteiger partial charge in [-0.3, -0.25) is 9.59 Å². The Kier molecular flexibility index (Phi) is 3.45. The van der Waals surface area contributed by atoms with E-state index in [1.54, 1.807) is 0 Å². The van der Waals surface area contributed by atoms with Gasteiger partial charge in [-0.05, 0) is 25.7 Å². The topological polar surface area (TPSA) is 76.7 Å². The largest absolute Gasteiger partial charge is 0.347 e. The molecule has 6 heteroatoms. The third-order valence-corrected chi connectivity index (χ3v) is 3.89. The maximum absolute atomic E-state index is 11.6. The zero-order chi connectivity index (χ0) is 13.3. The average Bonchev–Trinajstić information content (AvgIpc) is 2.96. The van der Waals surface area contributed by atoms with Crippen LogP contribution in [-0.4, -0.2) is 42.9 Å². The Morgan fingerprint density at radius 2 is 1.89 bits per heavy atom. The quantitative estimate of drug-likeness (QED) is 0.710. The molecule has 1 heterocycles. The number of hydrogen-bond acceptors (Lipinski definition) is 4. The first-order valence-electron chi connectivity index (χ1n) is 7.07. The van der Waals surface area contributed by atoms with E-state index in [-0.39, 0.29) is 12.1 Å². The number of carbonyl (C=O) groups is 2. The number of hydrogen-bond donors (Lipinski definition) is 2. The summed E-state index contributed by atoms with van der Waals surface area (Å²) in [5.41, 5.74) is 0. The van der Waals surface area contributed by atoms with Crippen LogP contribution < -0.4 is 10.6 Å². The smallest absolute Gasteiger partial charge is 0.309 e. The average molecular weight is 268 g/mol. The predicted octanol–water partition coefficient (Wildman–Crippen LogP) is 0.0669. The summed E-state index contributed by atoms with van der Waals surface area (Å²) >= 11 is 0. The van der Waals surface area contributed by atoms with Crippen molar-refractivity contribution in [1.29, 1.82) is 0 Å². The standard InChI is InChI=1S/C13H20N2O4/c16-11(12(17)15-9-3-4-9)14-7-10-8-18-13(19-10)5-1-2-6-13/h9-10H,1-8H2,(H,14,16)(H,15,17). The number of nitrogens with one attached hydrogen (secondary N) is 2. The lowest BCUT2D eigenvalue weighted by atomic mass is 10.2. The van der Waals surface area contributed by atoms with Crippen LogP contribution in [0.5, 0.6) is 0 Å². The molecule has 1 atom stereocenters. The molecule has 2 aliphatic carbocycles. The molecule has 0 aromatic carbocycles. The van der Waals surface area contributed by atoms with E-state index in [1.165, 1.54) is 0 Å². The molecular formula is C13H20N2O4. The zero-order valence-corrected chi connectivity index (χ0v) is 10.9. The van der Waals surface area contributed by atoms with Gasteiger partial charge in [-0.2, -0.15) is 0 Å². The van der Waals surface area contributed by atoms with E-state index in [0.29, 0.717) is 13.2 Å². The lowest BCUT2D eigenvalue weighted by molar-refractivity contribution is -0.161. The van der Waals surface area contributed by atoms with Crippen molar-refractivity contribution in [2.24, 2.45) is 0 Å². The second-order valence-corrected chi connectivity index (χ2v) is 5.63. The number of ether oxygens (including phenoxy) is 2. The summed E-state index contributed by atoms with van der Waals surface area (Å²) in [6, 6.07) is 0.200. The molecule has 6 nitrogen and oxygen atoms in total. The molecule has 3 rings (SSSR count). The molecule has 1 aliphatic heterocycles. The number of amides is 2. The highest BCUT2D eigenvalue weighted by Gasteiger charge is 2.43. The third kappa shape index (κ3) is 3.06. The Morgan fingerprint density at radius 1 is 1.16 bits per heavy atom. The summed E-state index contributed by atoms with van der Waals surface area (Å²) in [6.07, 6.45) is 5.92. The molecule has 0 bridgehead atoms. The highest BCUT2D eigenvalue weighted by molar-refractivity contribution is 6.35. The van der Waals surface area contributed by atoms with E-state index in [2.05, 4.69) is 10.6 Å². The fourth-order valence-corrected chi connectivity index (χ4v) is 2.66. The van der Waals surface area contributed by atoms with Crippen molar-refractivity contribution in [3.8, 4) is 0 Å². The van der Waals surface area contributed by atoms with E-state index in [1.807, 2.05) is 0 Å². The molecule has 1 spiro atoms. The summed E-state index contributed by atoms with van der Waals surface area (Å²) in [5, 5.41) is 5.26. The molecule has 3 fully saturated rings. The number of rotatable bonds is 3. The van der Waals surface area contributed by atoms with Crippen LogP contribution in [0.25, 0.3) is 0 Å². The van der Waals surface area contributed by atoms with Crippen molar-refractivity contribution in [1.82, 2.24) is 10.6 Å². The van der Waals surface area contributed by atoms with Gasteiger partial charge in [0.2, 0.25) is 0 Å². The summed E-state index contributed by atoms with van der Waals surface area (Å²) in [7, 11) is 0. The molecule has 2 saturated carbocycles. The molecular weight excluding hydrogens is 248 g/mol. The fourth-order valence-electron chi connectivity index (χ4n) is 2.66. The Morgan fingerprint density at radius 3 is 2.58 bits per heavy atom. The van der Waals surface area contributed by atoms with Crippen LogP contribution in [0.1, 0.15) is 38.5 Å². The van der Waals surface area contributed by atoms with Gasteiger partial charge in [-0.1, -0.05) is 0 Å². The van der Waals surface area contributed by atoms with Gasteiger partial charge in [0.1, 0.15) is 6.10 Å². The van der Waals surface area contributed by atoms with Crippen LogP contribution in [0, 0.1) is 0 Å². The van der Waals surface area contributed by atoms with Crippen molar-refractivity contribution < 1.29 is 19.1 Å². The third-order valence-electron chi connectivity index (χ3n) is 3.89. The number of carbonyl (C=O) groups excluding carboxylic acids is 2. The maximum Gasteiger partial charge on any atom is 0.309 e. The maximum atomic E-state index is 11.6. The van der Waals surface area contributed by atoms with Crippen LogP contribution >= 0.6 is 0 Å². The van der Waals surface area contributed by atoms with Crippen LogP contribution in [0.2, 0.25) is 0 Å². The van der Waals surface area contributed by atoms with Gasteiger partial charge >= 0.3 is 11.8 Å². The second kappa shape index (κ2) is 5.09. The molecule has 106 valence electrons. The van der Waals surface area contributed by atoms with Gasteiger partial charge in [0, 0.05) is 25.4 Å². The summed E-state index contributed by atoms with van der Waals surface area (Å²) < 4.78 is 11.6. The molecule has 19 heavy (non-hydrogen) atoms. The fraction of sp³-hybridized carbons (Fsp3) is 0.846. The lowest BCUT2D eigenvalue weighted by Gasteiger charge is -2.21. The molecule has 0 aromatic heterocycles. The molecule has 2 amide bonds. The van der Waals surface area contributed by atoms with Crippen LogP contribution in [0.15, 0.2) is 0 Å². The molecule has 1 unspecified atom stereocenters. The highest BCUT2D eigenvalue weighted by atomic mass is 16.7. The zero-order valence-electron chi connectivity index (χ0n) is 10.9. The van der Waals surface area contributed by atoms with Crippen molar-refractivity contribution in [3.05, 3.63) is 0 Å². The van der Waals surface area contributed by atoms with Gasteiger partial charge < -0.3 is 20.1 Å². The summed E-state index contributed by atoms with van der Waals surface area (Å²) in [6.45, 7) is 0.823. The summed E-state index contributed by atoms with van der Waals surface area (Å²) in [5.74, 6) is -1.54. The minimum atomic E-state index is -0.581. The first-order chi connectivity index (χ1) is 9.17. The van der Waals surface area contributed by atoms with Gasteiger partial charge in [0.15, 0.2) is 5.79 Å². The van der Waals surface area contributed by atoms with E-state index < -0.39 is 17.6 Å². The van der Waals surface area contributed by atoms with Crippen LogP contribution in [0.4, 0.5) is 0 Å². The van der Waals surface area contributed by atoms with Gasteiger partial charge in [0.05, 0.1) is 6.61 Å². The van der Waals surface area contributed by atoms with Crippen LogP contribution in [-0.2, 0) is 19.1 Å². The van der Waals surface area contributed by atoms with Crippen molar-refractivity contribution in [3.63, 3.8) is 0 Å². The normalized spacial score (nSPS) is 28.5. The van der Waals surface area contributed by atoms with E-state index in [0.717, 1.165) is 38.5 Å². The second-order valence-electron chi connectivity index (χ2n) is 5.63. The van der Waals surface area contributed by atoms with Crippen molar-refractivity contribution >= 4 is 11.8 Å². The molecule has 2 N–H and O–H groups in total. The minimum absolute atomic E-state index is 0.143. The van der Waals surface area contributed by atoms with E-state index in [4.69, 9.17) is 9.47 Å². The first-order valence-corrected chi connectivity index (χ1v) is 7.07. The predicted molar refractivity (Wildman–Crippen MR) is 66.2 cm³/mol. The van der Waals surface area contributed by atoms with Gasteiger partial charge in [-0.15, -0.1) is 0 Å². The highest BCUT2D eigenvalue weighted by Crippen LogP contribution is 2.38.